The van der Waals surface area contributed by atoms with E-state index in [4.69, 9.17) is 9.47 Å². The van der Waals surface area contributed by atoms with Crippen LogP contribution in [0.25, 0.3) is 0 Å². The molecule has 0 bridgehead atoms. The van der Waals surface area contributed by atoms with E-state index in [0.29, 0.717) is 12.8 Å². The van der Waals surface area contributed by atoms with Crippen LogP contribution in [0.2, 0.25) is 0 Å². The number of hydrogen-bond donors (Lipinski definition) is 1. The molecule has 0 saturated heterocycles. The van der Waals surface area contributed by atoms with Gasteiger partial charge < -0.3 is 14.6 Å². The largest absolute Gasteiger partial charge is 0.462 e. The smallest absolute Gasteiger partial charge is 0.306 e. The zero-order chi connectivity index (χ0) is 33.6. The molecule has 0 rings (SSSR count). The number of allylic oxidation sites excluding steroid dienone is 8. The molecule has 1 atom stereocenters. The molecule has 46 heavy (non-hydrogen) atoms. The summed E-state index contributed by atoms with van der Waals surface area (Å²) in [5.74, 6) is -0.617. The summed E-state index contributed by atoms with van der Waals surface area (Å²) >= 11 is 0. The van der Waals surface area contributed by atoms with E-state index >= 15 is 0 Å². The number of unbranched alkanes of at least 4 members (excludes halogenated alkanes) is 18. The summed E-state index contributed by atoms with van der Waals surface area (Å²) in [6.07, 6.45) is 45.9. The van der Waals surface area contributed by atoms with E-state index in [1.807, 2.05) is 0 Å². The van der Waals surface area contributed by atoms with Crippen molar-refractivity contribution in [3.63, 3.8) is 0 Å². The predicted molar refractivity (Wildman–Crippen MR) is 196 cm³/mol. The van der Waals surface area contributed by atoms with E-state index in [1.54, 1.807) is 0 Å². The molecule has 0 saturated carbocycles. The Kier molecular flexibility index (Phi) is 35.6. The van der Waals surface area contributed by atoms with Gasteiger partial charge in [0.25, 0.3) is 0 Å². The van der Waals surface area contributed by atoms with E-state index in [1.165, 1.54) is 77.0 Å². The molecule has 0 amide bonds. The Morgan fingerprint density at radius 1 is 0.522 bits per heavy atom. The zero-order valence-corrected chi connectivity index (χ0v) is 30.1. The maximum absolute atomic E-state index is 12.2. The standard InChI is InChI=1S/C41H72O5/c1-3-5-7-9-11-13-15-17-19-20-22-23-25-27-29-31-33-35-40(43)45-38-39(37-42)46-41(44)36-34-32-30-28-26-24-21-18-16-14-12-10-8-6-4-2/h5,7,11,13,17,19,22-23,39,42H,3-4,6,8-10,12,14-16,18,20-21,24-38H2,1-2H3/t39-/m0/s1. The van der Waals surface area contributed by atoms with Crippen molar-refractivity contribution in [3.05, 3.63) is 48.6 Å². The molecule has 0 aliphatic heterocycles. The first-order valence-corrected chi connectivity index (χ1v) is 19.2. The Labute approximate surface area is 284 Å². The maximum Gasteiger partial charge on any atom is 0.306 e. The lowest BCUT2D eigenvalue weighted by Crippen LogP contribution is -2.28. The first kappa shape index (κ1) is 43.9. The fraction of sp³-hybridized carbons (Fsp3) is 0.756. The van der Waals surface area contributed by atoms with Gasteiger partial charge in [0.15, 0.2) is 6.10 Å². The topological polar surface area (TPSA) is 72.8 Å². The Balaban J connectivity index is 3.60. The Morgan fingerprint density at radius 2 is 0.935 bits per heavy atom. The summed E-state index contributed by atoms with van der Waals surface area (Å²) in [4.78, 5) is 24.2. The second kappa shape index (κ2) is 37.3. The van der Waals surface area contributed by atoms with Crippen molar-refractivity contribution >= 4 is 11.9 Å². The SMILES string of the molecule is CCC=CCC=CCC=CCC=CCCCCCCC(=O)OC[C@H](CO)OC(=O)CCCCCCCCCCCCCCCCC. The van der Waals surface area contributed by atoms with E-state index < -0.39 is 6.10 Å². The number of rotatable bonds is 34. The van der Waals surface area contributed by atoms with Crippen LogP contribution in [0.4, 0.5) is 0 Å². The molecule has 5 heteroatoms. The monoisotopic (exact) mass is 645 g/mol. The fourth-order valence-corrected chi connectivity index (χ4v) is 5.25. The highest BCUT2D eigenvalue weighted by Crippen LogP contribution is 2.14. The van der Waals surface area contributed by atoms with Gasteiger partial charge in [0.05, 0.1) is 6.61 Å². The number of carbonyl (C=O) groups excluding carboxylic acids is 2. The molecule has 0 heterocycles. The molecule has 0 unspecified atom stereocenters. The van der Waals surface area contributed by atoms with Gasteiger partial charge in [-0.25, -0.2) is 0 Å². The number of hydrogen-bond acceptors (Lipinski definition) is 5. The third kappa shape index (κ3) is 34.7. The molecule has 0 spiro atoms. The Bertz CT molecular complexity index is 782. The van der Waals surface area contributed by atoms with Crippen LogP contribution in [-0.2, 0) is 19.1 Å². The van der Waals surface area contributed by atoms with Crippen molar-refractivity contribution in [2.45, 2.75) is 187 Å². The number of esters is 2. The molecular formula is C41H72O5. The number of carbonyl (C=O) groups is 2. The lowest BCUT2D eigenvalue weighted by molar-refractivity contribution is -0.161. The number of ether oxygens (including phenoxy) is 2. The normalized spacial score (nSPS) is 12.7. The van der Waals surface area contributed by atoms with Crippen molar-refractivity contribution in [2.75, 3.05) is 13.2 Å². The summed E-state index contributed by atoms with van der Waals surface area (Å²) in [7, 11) is 0. The molecule has 0 aliphatic carbocycles. The van der Waals surface area contributed by atoms with Gasteiger partial charge in [0.2, 0.25) is 0 Å². The Morgan fingerprint density at radius 3 is 1.41 bits per heavy atom. The molecule has 266 valence electrons. The van der Waals surface area contributed by atoms with Crippen LogP contribution in [0.3, 0.4) is 0 Å². The Hall–Kier alpha value is -2.14. The van der Waals surface area contributed by atoms with E-state index in [0.717, 1.165) is 77.0 Å². The summed E-state index contributed by atoms with van der Waals surface area (Å²) in [6.45, 7) is 4.00. The lowest BCUT2D eigenvalue weighted by atomic mass is 10.0. The third-order valence-electron chi connectivity index (χ3n) is 8.14. The highest BCUT2D eigenvalue weighted by Gasteiger charge is 2.16. The second-order valence-electron chi connectivity index (χ2n) is 12.6. The van der Waals surface area contributed by atoms with E-state index in [2.05, 4.69) is 62.5 Å². The minimum atomic E-state index is -0.779. The number of aliphatic hydroxyl groups is 1. The fourth-order valence-electron chi connectivity index (χ4n) is 5.25. The molecule has 5 nitrogen and oxygen atoms in total. The van der Waals surface area contributed by atoms with Gasteiger partial charge >= 0.3 is 11.9 Å². The van der Waals surface area contributed by atoms with Gasteiger partial charge in [-0.2, -0.15) is 0 Å². The van der Waals surface area contributed by atoms with Crippen molar-refractivity contribution < 1.29 is 24.2 Å². The van der Waals surface area contributed by atoms with Gasteiger partial charge in [-0.05, 0) is 51.4 Å². The van der Waals surface area contributed by atoms with Crippen molar-refractivity contribution in [1.82, 2.24) is 0 Å². The maximum atomic E-state index is 12.2. The summed E-state index contributed by atoms with van der Waals surface area (Å²) in [5, 5.41) is 9.54. The van der Waals surface area contributed by atoms with Crippen LogP contribution in [-0.4, -0.2) is 36.4 Å². The number of aliphatic hydroxyl groups excluding tert-OH is 1. The molecule has 0 aromatic heterocycles. The van der Waals surface area contributed by atoms with Crippen LogP contribution in [0, 0.1) is 0 Å². The van der Waals surface area contributed by atoms with Crippen LogP contribution < -0.4 is 0 Å². The second-order valence-corrected chi connectivity index (χ2v) is 12.6. The van der Waals surface area contributed by atoms with E-state index in [9.17, 15) is 14.7 Å². The van der Waals surface area contributed by atoms with Crippen molar-refractivity contribution in [1.29, 1.82) is 0 Å². The summed E-state index contributed by atoms with van der Waals surface area (Å²) in [5.41, 5.74) is 0. The van der Waals surface area contributed by atoms with Gasteiger partial charge in [-0.15, -0.1) is 0 Å². The van der Waals surface area contributed by atoms with Crippen LogP contribution in [0.5, 0.6) is 0 Å². The van der Waals surface area contributed by atoms with Gasteiger partial charge in [-0.3, -0.25) is 9.59 Å². The van der Waals surface area contributed by atoms with Crippen LogP contribution in [0.15, 0.2) is 48.6 Å². The first-order valence-electron chi connectivity index (χ1n) is 19.2. The molecule has 1 N–H and O–H groups in total. The quantitative estimate of drug-likeness (QED) is 0.0429. The average Bonchev–Trinajstić information content (AvgIpc) is 3.06. The lowest BCUT2D eigenvalue weighted by Gasteiger charge is -2.15. The van der Waals surface area contributed by atoms with Crippen LogP contribution >= 0.6 is 0 Å². The molecule has 0 fully saturated rings. The summed E-state index contributed by atoms with van der Waals surface area (Å²) < 4.78 is 10.6. The molecule has 0 aliphatic rings. The zero-order valence-electron chi connectivity index (χ0n) is 30.1. The summed E-state index contributed by atoms with van der Waals surface area (Å²) in [6, 6.07) is 0. The highest BCUT2D eigenvalue weighted by atomic mass is 16.6. The molecule has 0 aromatic carbocycles. The molecule has 0 radical (unpaired) electrons. The first-order chi connectivity index (χ1) is 22.6. The van der Waals surface area contributed by atoms with Gasteiger partial charge in [0.1, 0.15) is 6.61 Å². The average molecular weight is 645 g/mol. The molecule has 0 aromatic rings. The highest BCUT2D eigenvalue weighted by molar-refractivity contribution is 5.70. The minimum absolute atomic E-state index is 0.0776. The van der Waals surface area contributed by atoms with Crippen molar-refractivity contribution in [2.24, 2.45) is 0 Å². The van der Waals surface area contributed by atoms with E-state index in [-0.39, 0.29) is 25.2 Å². The predicted octanol–water partition coefficient (Wildman–Crippen LogP) is 11.8. The minimum Gasteiger partial charge on any atom is -0.462 e. The third-order valence-corrected chi connectivity index (χ3v) is 8.14. The molecular weight excluding hydrogens is 572 g/mol. The van der Waals surface area contributed by atoms with Crippen LogP contribution in [0.1, 0.15) is 181 Å². The van der Waals surface area contributed by atoms with Gasteiger partial charge in [-0.1, -0.05) is 165 Å². The van der Waals surface area contributed by atoms with Gasteiger partial charge in [0, 0.05) is 12.8 Å². The van der Waals surface area contributed by atoms with Crippen molar-refractivity contribution in [3.8, 4) is 0 Å².